The highest BCUT2D eigenvalue weighted by Crippen LogP contribution is 2.34. The van der Waals surface area contributed by atoms with Gasteiger partial charge in [0.1, 0.15) is 0 Å². The molecule has 0 aliphatic carbocycles. The first kappa shape index (κ1) is 24.1. The third kappa shape index (κ3) is 5.09. The van der Waals surface area contributed by atoms with Crippen molar-refractivity contribution in [3.63, 3.8) is 0 Å². The monoisotopic (exact) mass is 471 g/mol. The van der Waals surface area contributed by atoms with Gasteiger partial charge < -0.3 is 9.40 Å². The lowest BCUT2D eigenvalue weighted by Crippen LogP contribution is -2.04. The second-order valence-corrected chi connectivity index (χ2v) is 8.67. The third-order valence-electron chi connectivity index (χ3n) is 6.07. The molecule has 0 radical (unpaired) electrons. The van der Waals surface area contributed by atoms with Gasteiger partial charge in [-0.3, -0.25) is 10.1 Å². The van der Waals surface area contributed by atoms with Crippen LogP contribution in [0.1, 0.15) is 57.6 Å². The zero-order valence-electron chi connectivity index (χ0n) is 20.3. The second-order valence-electron chi connectivity index (χ2n) is 8.67. The Morgan fingerprint density at radius 2 is 1.66 bits per heavy atom. The van der Waals surface area contributed by atoms with Crippen molar-refractivity contribution in [2.24, 2.45) is 5.16 Å². The molecule has 1 heterocycles. The number of aryl methyl sites for hydroxylation is 1. The number of rotatable bonds is 9. The van der Waals surface area contributed by atoms with Crippen molar-refractivity contribution in [2.45, 2.75) is 52.9 Å². The van der Waals surface area contributed by atoms with Gasteiger partial charge in [-0.2, -0.15) is 0 Å². The summed E-state index contributed by atoms with van der Waals surface area (Å²) in [5.41, 5.74) is 5.84. The molecule has 1 aromatic heterocycles. The summed E-state index contributed by atoms with van der Waals surface area (Å²) in [6.07, 6.45) is 4.80. The number of carbonyl (C=O) groups is 1. The molecular weight excluding hydrogens is 442 g/mol. The molecule has 4 aromatic rings. The van der Waals surface area contributed by atoms with Crippen molar-refractivity contribution >= 4 is 39.2 Å². The Labute approximate surface area is 204 Å². The zero-order valence-corrected chi connectivity index (χ0v) is 20.3. The van der Waals surface area contributed by atoms with E-state index in [1.807, 2.05) is 12.1 Å². The molecule has 0 aliphatic rings. The number of fused-ring (bicyclic) bond motifs is 3. The van der Waals surface area contributed by atoms with Gasteiger partial charge in [0.2, 0.25) is 0 Å². The van der Waals surface area contributed by atoms with E-state index in [1.165, 1.54) is 24.6 Å². The number of carbonyl (C=O) groups excluding carboxylic acids is 1. The summed E-state index contributed by atoms with van der Waals surface area (Å²) in [5, 5.41) is 17.4. The van der Waals surface area contributed by atoms with Gasteiger partial charge in [-0.25, -0.2) is 4.79 Å². The maximum absolute atomic E-state index is 11.3. The highest BCUT2D eigenvalue weighted by molar-refractivity contribution is 6.12. The molecule has 0 saturated carbocycles. The van der Waals surface area contributed by atoms with Crippen molar-refractivity contribution in [1.82, 2.24) is 4.57 Å². The number of unbranched alkanes of at least 4 members (excludes halogenated alkanes) is 1. The summed E-state index contributed by atoms with van der Waals surface area (Å²) in [6, 6.07) is 19.3. The van der Waals surface area contributed by atoms with E-state index in [-0.39, 0.29) is 10.6 Å². The van der Waals surface area contributed by atoms with Gasteiger partial charge in [0.15, 0.2) is 0 Å². The van der Waals surface area contributed by atoms with Crippen LogP contribution in [0.3, 0.4) is 0 Å². The third-order valence-corrected chi connectivity index (χ3v) is 6.07. The van der Waals surface area contributed by atoms with E-state index < -0.39 is 5.97 Å². The fourth-order valence-electron chi connectivity index (χ4n) is 4.39. The number of non-ortho nitro benzene ring substituents is 1. The van der Waals surface area contributed by atoms with E-state index in [1.54, 1.807) is 12.1 Å². The molecule has 0 saturated heterocycles. The first-order chi connectivity index (χ1) is 16.9. The van der Waals surface area contributed by atoms with Gasteiger partial charge in [0.25, 0.3) is 5.69 Å². The van der Waals surface area contributed by atoms with Gasteiger partial charge in [0.05, 0.1) is 21.7 Å². The molecule has 0 N–H and O–H groups in total. The highest BCUT2D eigenvalue weighted by Gasteiger charge is 2.16. The van der Waals surface area contributed by atoms with Gasteiger partial charge in [0, 0.05) is 41.1 Å². The lowest BCUT2D eigenvalue weighted by molar-refractivity contribution is -0.384. The molecular formula is C28H29N3O4. The quantitative estimate of drug-likeness (QED) is 0.113. The Morgan fingerprint density at radius 1 is 0.971 bits per heavy atom. The minimum Gasteiger partial charge on any atom is -0.318 e. The zero-order chi connectivity index (χ0) is 24.9. The summed E-state index contributed by atoms with van der Waals surface area (Å²) in [7, 11) is 0. The van der Waals surface area contributed by atoms with Crippen LogP contribution in [0.2, 0.25) is 0 Å². The molecule has 0 amide bonds. The normalized spacial score (nSPS) is 11.8. The molecule has 0 bridgehead atoms. The summed E-state index contributed by atoms with van der Waals surface area (Å²) in [5.74, 6) is -0.449. The van der Waals surface area contributed by atoms with Crippen molar-refractivity contribution in [1.29, 1.82) is 0 Å². The Hall–Kier alpha value is -4.00. The Morgan fingerprint density at radius 3 is 2.29 bits per heavy atom. The van der Waals surface area contributed by atoms with E-state index in [2.05, 4.69) is 47.8 Å². The van der Waals surface area contributed by atoms with E-state index in [4.69, 9.17) is 4.84 Å². The van der Waals surface area contributed by atoms with Crippen LogP contribution in [-0.4, -0.2) is 21.2 Å². The number of oxime groups is 1. The lowest BCUT2D eigenvalue weighted by Gasteiger charge is -2.09. The molecule has 7 nitrogen and oxygen atoms in total. The van der Waals surface area contributed by atoms with Crippen molar-refractivity contribution in [3.05, 3.63) is 81.9 Å². The van der Waals surface area contributed by atoms with E-state index in [9.17, 15) is 14.9 Å². The topological polar surface area (TPSA) is 86.7 Å². The summed E-state index contributed by atoms with van der Waals surface area (Å²) >= 11 is 0. The van der Waals surface area contributed by atoms with Crippen LogP contribution in [0.5, 0.6) is 0 Å². The predicted molar refractivity (Wildman–Crippen MR) is 139 cm³/mol. The maximum Gasteiger partial charge on any atom is 0.331 e. The summed E-state index contributed by atoms with van der Waals surface area (Å²) in [4.78, 5) is 27.1. The van der Waals surface area contributed by atoms with Gasteiger partial charge in [-0.1, -0.05) is 44.0 Å². The van der Waals surface area contributed by atoms with Gasteiger partial charge >= 0.3 is 5.97 Å². The van der Waals surface area contributed by atoms with Crippen LogP contribution in [0, 0.1) is 10.1 Å². The number of aromatic nitrogens is 1. The highest BCUT2D eigenvalue weighted by atomic mass is 16.7. The van der Waals surface area contributed by atoms with Crippen LogP contribution in [0.15, 0.2) is 65.8 Å². The molecule has 0 unspecified atom stereocenters. The van der Waals surface area contributed by atoms with Crippen LogP contribution in [-0.2, 0) is 16.1 Å². The largest absolute Gasteiger partial charge is 0.331 e. The molecule has 0 fully saturated rings. The second kappa shape index (κ2) is 10.5. The lowest BCUT2D eigenvalue weighted by atomic mass is 10.0. The molecule has 4 rings (SSSR count). The Bertz CT molecular complexity index is 1420. The van der Waals surface area contributed by atoms with E-state index in [0.717, 1.165) is 64.5 Å². The summed E-state index contributed by atoms with van der Waals surface area (Å²) in [6.45, 7) is 5.58. The molecule has 35 heavy (non-hydrogen) atoms. The number of hydrogen-bond donors (Lipinski definition) is 0. The number of benzene rings is 3. The van der Waals surface area contributed by atoms with Crippen LogP contribution in [0.25, 0.3) is 27.5 Å². The van der Waals surface area contributed by atoms with Crippen molar-refractivity contribution in [3.8, 4) is 5.69 Å². The Kier molecular flexibility index (Phi) is 7.25. The number of nitrogens with zero attached hydrogens (tertiary/aromatic N) is 3. The van der Waals surface area contributed by atoms with Crippen LogP contribution in [0.4, 0.5) is 5.69 Å². The minimum absolute atomic E-state index is 0.0598. The van der Waals surface area contributed by atoms with Crippen molar-refractivity contribution in [2.75, 3.05) is 0 Å². The molecule has 0 spiro atoms. The van der Waals surface area contributed by atoms with Crippen molar-refractivity contribution < 1.29 is 14.6 Å². The fraction of sp³-hybridized carbons (Fsp3) is 0.286. The summed E-state index contributed by atoms with van der Waals surface area (Å²) < 4.78 is 2.13. The molecule has 0 atom stereocenters. The standard InChI is InChI=1S/C28H29N3O4/c1-4-6-8-20-9-15-27-24(17-20)25-18-21(26(7-5-2)29-35-19(3)32)10-16-28(25)30(27)22-11-13-23(14-12-22)31(33)34/h9-18H,4-8H2,1-3H3/b29-26+. The first-order valence-electron chi connectivity index (χ1n) is 12.0. The first-order valence-corrected chi connectivity index (χ1v) is 12.0. The molecule has 3 aromatic carbocycles. The Balaban J connectivity index is 1.94. The van der Waals surface area contributed by atoms with Crippen LogP contribution >= 0.6 is 0 Å². The molecule has 7 heteroatoms. The van der Waals surface area contributed by atoms with E-state index >= 15 is 0 Å². The van der Waals surface area contributed by atoms with E-state index in [0.29, 0.717) is 6.42 Å². The van der Waals surface area contributed by atoms with Gasteiger partial charge in [-0.15, -0.1) is 0 Å². The average Bonchev–Trinajstić information content (AvgIpc) is 3.18. The minimum atomic E-state index is -0.449. The van der Waals surface area contributed by atoms with Gasteiger partial charge in [-0.05, 0) is 61.2 Å². The van der Waals surface area contributed by atoms with Crippen LogP contribution < -0.4 is 0 Å². The average molecular weight is 472 g/mol. The number of hydrogen-bond acceptors (Lipinski definition) is 5. The number of nitro groups is 1. The molecule has 180 valence electrons. The molecule has 0 aliphatic heterocycles. The number of nitro benzene ring substituents is 1. The smallest absolute Gasteiger partial charge is 0.318 e. The predicted octanol–water partition coefficient (Wildman–Crippen LogP) is 7.10. The fourth-order valence-corrected chi connectivity index (χ4v) is 4.39. The maximum atomic E-state index is 11.3. The SMILES string of the molecule is CCCCc1ccc2c(c1)c1cc(/C(CCC)=N/OC(C)=O)ccc1n2-c1ccc([N+](=O)[O-])cc1.